The first kappa shape index (κ1) is 22.8. The maximum atomic E-state index is 12.4. The highest BCUT2D eigenvalue weighted by atomic mass is 16.6. The van der Waals surface area contributed by atoms with Crippen molar-refractivity contribution in [1.29, 1.82) is 0 Å². The molecule has 0 N–H and O–H groups in total. The van der Waals surface area contributed by atoms with Crippen LogP contribution in [0.25, 0.3) is 11.4 Å². The van der Waals surface area contributed by atoms with Gasteiger partial charge in [0.2, 0.25) is 11.4 Å². The van der Waals surface area contributed by atoms with Gasteiger partial charge in [-0.05, 0) is 62.0 Å². The van der Waals surface area contributed by atoms with E-state index in [2.05, 4.69) is 20.7 Å². The van der Waals surface area contributed by atoms with Crippen LogP contribution in [0.4, 0.5) is 0 Å². The summed E-state index contributed by atoms with van der Waals surface area (Å²) < 4.78 is 12.6. The van der Waals surface area contributed by atoms with E-state index in [1.54, 1.807) is 13.8 Å². The summed E-state index contributed by atoms with van der Waals surface area (Å²) in [5.74, 6) is -1.29. The molecule has 0 amide bonds. The number of hydrogen-bond acceptors (Lipinski definition) is 8. The lowest BCUT2D eigenvalue weighted by molar-refractivity contribution is -0.672. The highest BCUT2D eigenvalue weighted by Gasteiger charge is 2.27. The van der Waals surface area contributed by atoms with Crippen LogP contribution in [0.15, 0.2) is 55.6 Å². The predicted octanol–water partition coefficient (Wildman–Crippen LogP) is 1.83. The maximum Gasteiger partial charge on any atom is 0.286 e. The molecule has 0 bridgehead atoms. The van der Waals surface area contributed by atoms with Crippen LogP contribution in [0, 0.1) is 27.7 Å². The summed E-state index contributed by atoms with van der Waals surface area (Å²) in [5.41, 5.74) is 6.05. The Kier molecular flexibility index (Phi) is 5.97. The number of nitrogens with zero attached hydrogens (tertiary/aromatic N) is 6. The Morgan fingerprint density at radius 3 is 1.47 bits per heavy atom. The van der Waals surface area contributed by atoms with E-state index in [0.717, 1.165) is 22.3 Å². The van der Waals surface area contributed by atoms with Crippen molar-refractivity contribution in [3.8, 4) is 23.3 Å². The molecule has 10 nitrogen and oxygen atoms in total. The molecule has 2 heterocycles. The Balaban J connectivity index is 1.76. The molecule has 0 aliphatic rings. The van der Waals surface area contributed by atoms with Gasteiger partial charge < -0.3 is 19.3 Å². The minimum atomic E-state index is -0.644. The zero-order valence-electron chi connectivity index (χ0n) is 19.8. The molecule has 10 heteroatoms. The van der Waals surface area contributed by atoms with Gasteiger partial charge in [-0.2, -0.15) is 0 Å². The van der Waals surface area contributed by atoms with Gasteiger partial charge in [0.05, 0.1) is 10.5 Å². The summed E-state index contributed by atoms with van der Waals surface area (Å²) in [6, 6.07) is 11.6. The molecule has 34 heavy (non-hydrogen) atoms. The lowest BCUT2D eigenvalue weighted by Crippen LogP contribution is -2.40. The van der Waals surface area contributed by atoms with Gasteiger partial charge in [0, 0.05) is 23.3 Å². The van der Waals surface area contributed by atoms with Crippen LogP contribution in [0.1, 0.15) is 47.5 Å². The second-order valence-corrected chi connectivity index (χ2v) is 8.19. The van der Waals surface area contributed by atoms with Gasteiger partial charge >= 0.3 is 0 Å². The van der Waals surface area contributed by atoms with Gasteiger partial charge in [-0.25, -0.2) is 0 Å². The molecule has 174 valence electrons. The van der Waals surface area contributed by atoms with Crippen LogP contribution in [-0.2, 0) is 0 Å². The normalized spacial score (nSPS) is 12.4. The lowest BCUT2D eigenvalue weighted by Gasteiger charge is -2.02. The smallest absolute Gasteiger partial charge is 0.286 e. The first-order valence-corrected chi connectivity index (χ1v) is 10.6. The van der Waals surface area contributed by atoms with Crippen LogP contribution in [0.5, 0.6) is 11.9 Å². The van der Waals surface area contributed by atoms with Gasteiger partial charge in [-0.15, -0.1) is 10.2 Å². The van der Waals surface area contributed by atoms with E-state index < -0.39 is 11.9 Å². The summed E-state index contributed by atoms with van der Waals surface area (Å²) in [4.78, 5) is 0. The van der Waals surface area contributed by atoms with Gasteiger partial charge in [0.15, 0.2) is 11.9 Å². The fraction of sp³-hybridized carbons (Fsp3) is 0.250. The van der Waals surface area contributed by atoms with Gasteiger partial charge in [-0.3, -0.25) is 0 Å². The van der Waals surface area contributed by atoms with Crippen LogP contribution < -0.4 is 19.6 Å². The molecule has 0 aliphatic carbocycles. The third-order valence-electron chi connectivity index (χ3n) is 5.44. The van der Waals surface area contributed by atoms with Crippen molar-refractivity contribution in [1.82, 2.24) is 10.5 Å². The third kappa shape index (κ3) is 4.17. The highest BCUT2D eigenvalue weighted by molar-refractivity contribution is 6.00. The van der Waals surface area contributed by atoms with Crippen LogP contribution >= 0.6 is 0 Å². The van der Waals surface area contributed by atoms with Crippen molar-refractivity contribution < 1.29 is 28.6 Å². The Hall–Kier alpha value is -4.34. The van der Waals surface area contributed by atoms with Crippen LogP contribution in [0.3, 0.4) is 0 Å². The van der Waals surface area contributed by atoms with E-state index in [9.17, 15) is 10.2 Å². The number of rotatable bonds is 5. The zero-order valence-corrected chi connectivity index (χ0v) is 19.8. The standard InChI is InChI=1S/C24H24N6O4/c1-13-7-9-15(3)19(11-13)29-21(23(31)33-27-29)17(5)25-26-18(6)22-24(32)34-28-30(22)20-12-14(2)8-10-16(20)4/h7-12H,1-6H3. The Morgan fingerprint density at radius 2 is 1.09 bits per heavy atom. The minimum absolute atomic E-state index is 0.139. The molecule has 0 saturated carbocycles. The van der Waals surface area contributed by atoms with Crippen molar-refractivity contribution in [3.05, 3.63) is 70.0 Å². The zero-order chi connectivity index (χ0) is 24.6. The summed E-state index contributed by atoms with van der Waals surface area (Å²) in [6.07, 6.45) is 0. The minimum Gasteiger partial charge on any atom is -0.539 e. The van der Waals surface area contributed by atoms with Gasteiger partial charge in [0.1, 0.15) is 11.4 Å². The van der Waals surface area contributed by atoms with E-state index in [-0.39, 0.29) is 22.8 Å². The third-order valence-corrected chi connectivity index (χ3v) is 5.44. The first-order valence-electron chi connectivity index (χ1n) is 10.6. The van der Waals surface area contributed by atoms with Crippen molar-refractivity contribution in [3.63, 3.8) is 0 Å². The second-order valence-electron chi connectivity index (χ2n) is 8.19. The van der Waals surface area contributed by atoms with Crippen molar-refractivity contribution in [2.45, 2.75) is 41.5 Å². The fourth-order valence-corrected chi connectivity index (χ4v) is 3.57. The fourth-order valence-electron chi connectivity index (χ4n) is 3.57. The molecule has 4 rings (SSSR count). The highest BCUT2D eigenvalue weighted by Crippen LogP contribution is 2.18. The number of aryl methyl sites for hydroxylation is 4. The van der Waals surface area contributed by atoms with Crippen LogP contribution in [0.2, 0.25) is 0 Å². The van der Waals surface area contributed by atoms with Gasteiger partial charge in [0.25, 0.3) is 11.4 Å². The van der Waals surface area contributed by atoms with Crippen molar-refractivity contribution in [2.24, 2.45) is 10.2 Å². The topological polar surface area (TPSA) is 131 Å². The van der Waals surface area contributed by atoms with E-state index >= 15 is 0 Å². The Labute approximate surface area is 196 Å². The molecule has 4 aromatic rings. The van der Waals surface area contributed by atoms with E-state index in [4.69, 9.17) is 9.05 Å². The molecule has 0 unspecified atom stereocenters. The molecule has 2 aromatic carbocycles. The van der Waals surface area contributed by atoms with E-state index in [1.165, 1.54) is 9.36 Å². The molecular formula is C24H24N6O4. The largest absolute Gasteiger partial charge is 0.539 e. The summed E-state index contributed by atoms with van der Waals surface area (Å²) >= 11 is 0. The van der Waals surface area contributed by atoms with E-state index in [0.29, 0.717) is 11.4 Å². The van der Waals surface area contributed by atoms with E-state index in [1.807, 2.05) is 64.1 Å². The Bertz CT molecular complexity index is 1340. The second kappa shape index (κ2) is 8.89. The van der Waals surface area contributed by atoms with Crippen LogP contribution in [-0.4, -0.2) is 22.0 Å². The lowest BCUT2D eigenvalue weighted by atomic mass is 10.1. The van der Waals surface area contributed by atoms with Gasteiger partial charge in [-0.1, -0.05) is 24.3 Å². The Morgan fingerprint density at radius 1 is 0.706 bits per heavy atom. The molecular weight excluding hydrogens is 436 g/mol. The predicted molar refractivity (Wildman–Crippen MR) is 118 cm³/mol. The first-order chi connectivity index (χ1) is 16.2. The van der Waals surface area contributed by atoms with Crippen molar-refractivity contribution >= 4 is 11.4 Å². The summed E-state index contributed by atoms with van der Waals surface area (Å²) in [6.45, 7) is 11.0. The summed E-state index contributed by atoms with van der Waals surface area (Å²) in [5, 5.41) is 41.0. The van der Waals surface area contributed by atoms with Crippen molar-refractivity contribution in [2.75, 3.05) is 0 Å². The molecule has 0 aliphatic heterocycles. The summed E-state index contributed by atoms with van der Waals surface area (Å²) in [7, 11) is 0. The molecule has 2 aromatic heterocycles. The number of hydrogen-bond donors (Lipinski definition) is 0. The number of benzene rings is 2. The maximum absolute atomic E-state index is 12.4. The molecule has 0 atom stereocenters. The molecule has 0 spiro atoms. The average molecular weight is 460 g/mol. The average Bonchev–Trinajstić information content (AvgIpc) is 3.37. The SMILES string of the molecule is C/C(=N\N=C(/C)c1c([O-])on[n+]1-c1cc(C)ccc1C)c1c([O-])on[n+]1-c1cc(C)ccc1C. The molecule has 0 fully saturated rings. The number of aromatic nitrogens is 4. The monoisotopic (exact) mass is 460 g/mol. The quantitative estimate of drug-likeness (QED) is 0.254. The molecule has 0 saturated heterocycles. The molecule has 0 radical (unpaired) electrons.